The van der Waals surface area contributed by atoms with E-state index < -0.39 is 19.0 Å². The van der Waals surface area contributed by atoms with Gasteiger partial charge >= 0.3 is 6.03 Å². The molecule has 1 aliphatic rings. The molecule has 0 fully saturated rings. The van der Waals surface area contributed by atoms with Gasteiger partial charge in [0.05, 0.1) is 48.7 Å². The van der Waals surface area contributed by atoms with Crippen molar-refractivity contribution in [2.45, 2.75) is 19.5 Å². The van der Waals surface area contributed by atoms with Crippen LogP contribution < -0.4 is 15.8 Å². The number of hydrogen-bond donors (Lipinski definition) is 2. The molecule has 0 aliphatic carbocycles. The van der Waals surface area contributed by atoms with Crippen LogP contribution in [0.1, 0.15) is 11.3 Å². The topological polar surface area (TPSA) is 93.4 Å². The molecular formula is C16H15Cl2F2N5O2. The number of amides is 2. The summed E-state index contributed by atoms with van der Waals surface area (Å²) in [6, 6.07) is 2.48. The zero-order valence-electron chi connectivity index (χ0n) is 14.1. The van der Waals surface area contributed by atoms with Crippen molar-refractivity contribution in [2.24, 2.45) is 0 Å². The van der Waals surface area contributed by atoms with E-state index in [1.807, 2.05) is 0 Å². The third-order valence-electron chi connectivity index (χ3n) is 3.97. The summed E-state index contributed by atoms with van der Waals surface area (Å²) >= 11 is 12.4. The summed E-state index contributed by atoms with van der Waals surface area (Å²) in [4.78, 5) is 21.9. The highest BCUT2D eigenvalue weighted by atomic mass is 35.5. The van der Waals surface area contributed by atoms with Crippen LogP contribution in [0.5, 0.6) is 5.75 Å². The van der Waals surface area contributed by atoms with E-state index >= 15 is 0 Å². The number of urea groups is 1. The van der Waals surface area contributed by atoms with Crippen LogP contribution >= 0.6 is 23.2 Å². The second-order valence-corrected chi connectivity index (χ2v) is 6.60. The highest BCUT2D eigenvalue weighted by Gasteiger charge is 2.30. The van der Waals surface area contributed by atoms with Crippen molar-refractivity contribution in [2.75, 3.05) is 19.4 Å². The number of nitrogens with one attached hydrogen (secondary N) is 1. The number of rotatable bonds is 4. The van der Waals surface area contributed by atoms with Gasteiger partial charge in [-0.3, -0.25) is 0 Å². The van der Waals surface area contributed by atoms with Crippen LogP contribution in [0.15, 0.2) is 12.1 Å². The number of methoxy groups -OCH3 is 1. The number of carbonyl (C=O) groups excluding carboxylic acids is 1. The van der Waals surface area contributed by atoms with Gasteiger partial charge in [-0.05, 0) is 12.1 Å². The van der Waals surface area contributed by atoms with Gasteiger partial charge in [-0.2, -0.15) is 0 Å². The minimum Gasteiger partial charge on any atom is -0.496 e. The Morgan fingerprint density at radius 2 is 2.11 bits per heavy atom. The average molecular weight is 418 g/mol. The average Bonchev–Trinajstić information content (AvgIpc) is 3.02. The van der Waals surface area contributed by atoms with Crippen LogP contribution in [-0.2, 0) is 13.1 Å². The number of alkyl halides is 2. The standard InChI is InChI=1S/C16H15Cl2F2N5O2/c1-27-11-3-7(17)2-9(18)13(11)14-8-5-25(16(26)22-4-12(19)20)6-10(8)23-15(21)24-14/h2-3,12H,4-6H2,1H3,(H,22,26)(H2,21,23,24). The first-order chi connectivity index (χ1) is 12.8. The Hall–Kier alpha value is -2.39. The molecule has 144 valence electrons. The fourth-order valence-corrected chi connectivity index (χ4v) is 3.41. The van der Waals surface area contributed by atoms with Gasteiger partial charge in [0.2, 0.25) is 5.95 Å². The first-order valence-corrected chi connectivity index (χ1v) is 8.55. The van der Waals surface area contributed by atoms with Crippen LogP contribution in [0.25, 0.3) is 11.3 Å². The second-order valence-electron chi connectivity index (χ2n) is 5.75. The van der Waals surface area contributed by atoms with Crippen molar-refractivity contribution in [1.82, 2.24) is 20.2 Å². The lowest BCUT2D eigenvalue weighted by Crippen LogP contribution is -2.38. The van der Waals surface area contributed by atoms with Crippen molar-refractivity contribution in [3.8, 4) is 17.0 Å². The van der Waals surface area contributed by atoms with Gasteiger partial charge in [0.1, 0.15) is 5.75 Å². The summed E-state index contributed by atoms with van der Waals surface area (Å²) < 4.78 is 30.0. The Bertz CT molecular complexity index is 898. The lowest BCUT2D eigenvalue weighted by molar-refractivity contribution is 0.139. The normalized spacial score (nSPS) is 13.0. The number of aromatic nitrogens is 2. The number of benzene rings is 1. The van der Waals surface area contributed by atoms with Crippen LogP contribution in [0, 0.1) is 0 Å². The molecule has 7 nitrogen and oxygen atoms in total. The Labute approximate surface area is 163 Å². The summed E-state index contributed by atoms with van der Waals surface area (Å²) in [7, 11) is 1.46. The molecule has 0 unspecified atom stereocenters. The third-order valence-corrected chi connectivity index (χ3v) is 4.49. The molecule has 2 aromatic rings. The number of hydrogen-bond acceptors (Lipinski definition) is 5. The molecule has 3 N–H and O–H groups in total. The molecule has 0 radical (unpaired) electrons. The number of nitrogens with zero attached hydrogens (tertiary/aromatic N) is 3. The molecule has 27 heavy (non-hydrogen) atoms. The smallest absolute Gasteiger partial charge is 0.318 e. The Morgan fingerprint density at radius 3 is 2.78 bits per heavy atom. The minimum absolute atomic E-state index is 0.00772. The molecule has 1 aliphatic heterocycles. The van der Waals surface area contributed by atoms with E-state index in [0.29, 0.717) is 38.3 Å². The number of fused-ring (bicyclic) bond motifs is 1. The zero-order valence-corrected chi connectivity index (χ0v) is 15.6. The number of carbonyl (C=O) groups is 1. The summed E-state index contributed by atoms with van der Waals surface area (Å²) in [6.07, 6.45) is -2.64. The number of nitrogens with two attached hydrogens (primary N) is 1. The predicted octanol–water partition coefficient (Wildman–Crippen LogP) is 3.33. The SMILES string of the molecule is COc1cc(Cl)cc(Cl)c1-c1nc(N)nc2c1CN(C(=O)NCC(F)F)C2. The van der Waals surface area contributed by atoms with E-state index in [1.54, 1.807) is 6.07 Å². The van der Waals surface area contributed by atoms with Crippen LogP contribution in [0.4, 0.5) is 19.5 Å². The molecule has 2 amide bonds. The number of nitrogen functional groups attached to an aromatic ring is 1. The summed E-state index contributed by atoms with van der Waals surface area (Å²) in [6.45, 7) is -0.511. The molecule has 0 saturated heterocycles. The Morgan fingerprint density at radius 1 is 1.37 bits per heavy atom. The maximum Gasteiger partial charge on any atom is 0.318 e. The van der Waals surface area contributed by atoms with Crippen molar-refractivity contribution >= 4 is 35.2 Å². The second kappa shape index (κ2) is 7.69. The number of ether oxygens (including phenoxy) is 1. The molecule has 3 rings (SSSR count). The lowest BCUT2D eigenvalue weighted by atomic mass is 10.0. The van der Waals surface area contributed by atoms with Crippen LogP contribution in [0.2, 0.25) is 10.0 Å². The van der Waals surface area contributed by atoms with Gasteiger partial charge in [-0.1, -0.05) is 23.2 Å². The lowest BCUT2D eigenvalue weighted by Gasteiger charge is -2.16. The van der Waals surface area contributed by atoms with Gasteiger partial charge < -0.3 is 20.7 Å². The van der Waals surface area contributed by atoms with Crippen molar-refractivity contribution in [1.29, 1.82) is 0 Å². The summed E-state index contributed by atoms with van der Waals surface area (Å²) in [5.74, 6) is 0.375. The van der Waals surface area contributed by atoms with E-state index in [4.69, 9.17) is 33.7 Å². The minimum atomic E-state index is -2.64. The maximum absolute atomic E-state index is 12.3. The Kier molecular flexibility index (Phi) is 5.52. The van der Waals surface area contributed by atoms with E-state index in [9.17, 15) is 13.6 Å². The highest BCUT2D eigenvalue weighted by Crippen LogP contribution is 2.42. The van der Waals surface area contributed by atoms with E-state index in [0.717, 1.165) is 0 Å². The van der Waals surface area contributed by atoms with E-state index in [-0.39, 0.29) is 19.0 Å². The fraction of sp³-hybridized carbons (Fsp3) is 0.312. The fourth-order valence-electron chi connectivity index (χ4n) is 2.84. The summed E-state index contributed by atoms with van der Waals surface area (Å²) in [5, 5.41) is 2.84. The van der Waals surface area contributed by atoms with Crippen molar-refractivity contribution in [3.63, 3.8) is 0 Å². The monoisotopic (exact) mass is 417 g/mol. The first kappa shape index (κ1) is 19.4. The molecule has 0 bridgehead atoms. The van der Waals surface area contributed by atoms with Crippen molar-refractivity contribution in [3.05, 3.63) is 33.4 Å². The molecule has 0 spiro atoms. The largest absolute Gasteiger partial charge is 0.496 e. The van der Waals surface area contributed by atoms with Gasteiger partial charge in [0, 0.05) is 10.6 Å². The van der Waals surface area contributed by atoms with Gasteiger partial charge in [0.25, 0.3) is 6.43 Å². The molecule has 11 heteroatoms. The number of anilines is 1. The maximum atomic E-state index is 12.3. The van der Waals surface area contributed by atoms with Crippen molar-refractivity contribution < 1.29 is 18.3 Å². The first-order valence-electron chi connectivity index (χ1n) is 7.79. The molecule has 1 aromatic carbocycles. The highest BCUT2D eigenvalue weighted by molar-refractivity contribution is 6.37. The molecule has 2 heterocycles. The Balaban J connectivity index is 2.00. The quantitative estimate of drug-likeness (QED) is 0.795. The van der Waals surface area contributed by atoms with E-state index in [1.165, 1.54) is 18.1 Å². The predicted molar refractivity (Wildman–Crippen MR) is 97.1 cm³/mol. The van der Waals surface area contributed by atoms with Crippen LogP contribution in [-0.4, -0.2) is 41.0 Å². The number of halogens is 4. The summed E-state index contributed by atoms with van der Waals surface area (Å²) in [5.41, 5.74) is 7.80. The molecular weight excluding hydrogens is 403 g/mol. The third kappa shape index (κ3) is 3.98. The van der Waals surface area contributed by atoms with Crippen LogP contribution in [0.3, 0.4) is 0 Å². The molecule has 1 aromatic heterocycles. The molecule has 0 saturated carbocycles. The van der Waals surface area contributed by atoms with Gasteiger partial charge in [-0.15, -0.1) is 0 Å². The van der Waals surface area contributed by atoms with Gasteiger partial charge in [-0.25, -0.2) is 23.5 Å². The van der Waals surface area contributed by atoms with E-state index in [2.05, 4.69) is 15.3 Å². The van der Waals surface area contributed by atoms with Gasteiger partial charge in [0.15, 0.2) is 0 Å². The molecule has 0 atom stereocenters. The zero-order chi connectivity index (χ0) is 19.7.